The second kappa shape index (κ2) is 7.96. The largest absolute Gasteiger partial charge is 0.490 e. The normalized spacial score (nSPS) is 10.4. The molecule has 3 rings (SSSR count). The van der Waals surface area contributed by atoms with Crippen LogP contribution in [-0.2, 0) is 6.54 Å². The second-order valence-corrected chi connectivity index (χ2v) is 6.27. The number of rotatable bonds is 6. The molecule has 1 amide bonds. The predicted molar refractivity (Wildman–Crippen MR) is 97.7 cm³/mol. The third kappa shape index (κ3) is 4.26. The Kier molecular flexibility index (Phi) is 5.47. The summed E-state index contributed by atoms with van der Waals surface area (Å²) in [5.74, 6) is 0.132. The van der Waals surface area contributed by atoms with E-state index in [2.05, 4.69) is 10.3 Å². The number of halogens is 1. The van der Waals surface area contributed by atoms with Crippen molar-refractivity contribution in [3.63, 3.8) is 0 Å². The Morgan fingerprint density at radius 1 is 1.24 bits per heavy atom. The Balaban J connectivity index is 1.73. The van der Waals surface area contributed by atoms with E-state index in [9.17, 15) is 9.59 Å². The number of amides is 1. The van der Waals surface area contributed by atoms with E-state index in [1.54, 1.807) is 41.9 Å². The molecule has 0 spiro atoms. The molecule has 25 heavy (non-hydrogen) atoms. The van der Waals surface area contributed by atoms with Crippen molar-refractivity contribution < 1.29 is 9.53 Å². The molecule has 0 aliphatic carbocycles. The molecule has 2 heterocycles. The fourth-order valence-electron chi connectivity index (χ4n) is 2.20. The Bertz CT molecular complexity index is 925. The van der Waals surface area contributed by atoms with Crippen LogP contribution in [0.15, 0.2) is 58.8 Å². The molecule has 0 bridgehead atoms. The number of pyridine rings is 1. The standard InChI is InChI=1S/C17H14ClN3O3S/c18-12-4-1-2-6-14(12)24-10-9-21-13(5-3-7-15(21)22)16(23)20-17-19-8-11-25-17/h1-8,11H,9-10H2,(H,19,20,23). The third-order valence-corrected chi connectivity index (χ3v) is 4.35. The Morgan fingerprint density at radius 2 is 2.08 bits per heavy atom. The number of hydrogen-bond acceptors (Lipinski definition) is 5. The number of para-hydroxylation sites is 1. The fraction of sp³-hybridized carbons (Fsp3) is 0.118. The molecule has 0 saturated carbocycles. The summed E-state index contributed by atoms with van der Waals surface area (Å²) in [5.41, 5.74) is -0.0417. The summed E-state index contributed by atoms with van der Waals surface area (Å²) in [6, 6.07) is 11.6. The van der Waals surface area contributed by atoms with Crippen LogP contribution in [0.1, 0.15) is 10.5 Å². The molecule has 0 radical (unpaired) electrons. The lowest BCUT2D eigenvalue weighted by molar-refractivity contribution is 0.101. The summed E-state index contributed by atoms with van der Waals surface area (Å²) in [6.45, 7) is 0.413. The predicted octanol–water partition coefficient (Wildman–Crippen LogP) is 3.29. The van der Waals surface area contributed by atoms with Crippen LogP contribution in [0.25, 0.3) is 0 Å². The average molecular weight is 376 g/mol. The van der Waals surface area contributed by atoms with E-state index in [4.69, 9.17) is 16.3 Å². The van der Waals surface area contributed by atoms with Crippen LogP contribution in [0, 0.1) is 0 Å². The van der Waals surface area contributed by atoms with Gasteiger partial charge >= 0.3 is 0 Å². The van der Waals surface area contributed by atoms with E-state index in [-0.39, 0.29) is 24.4 Å². The van der Waals surface area contributed by atoms with E-state index < -0.39 is 5.91 Å². The number of benzene rings is 1. The number of aromatic nitrogens is 2. The Hall–Kier alpha value is -2.64. The first-order chi connectivity index (χ1) is 12.1. The van der Waals surface area contributed by atoms with Crippen LogP contribution in [0.5, 0.6) is 5.75 Å². The molecule has 0 atom stereocenters. The zero-order valence-electron chi connectivity index (χ0n) is 13.0. The van der Waals surface area contributed by atoms with Gasteiger partial charge in [0.25, 0.3) is 11.5 Å². The van der Waals surface area contributed by atoms with Crippen LogP contribution >= 0.6 is 22.9 Å². The number of anilines is 1. The number of carbonyl (C=O) groups excluding carboxylic acids is 1. The Labute approximate surface area is 152 Å². The van der Waals surface area contributed by atoms with Crippen molar-refractivity contribution in [1.29, 1.82) is 0 Å². The molecule has 0 unspecified atom stereocenters. The smallest absolute Gasteiger partial charge is 0.274 e. The number of hydrogen-bond donors (Lipinski definition) is 1. The minimum atomic E-state index is -0.398. The van der Waals surface area contributed by atoms with Crippen molar-refractivity contribution >= 4 is 34.0 Å². The van der Waals surface area contributed by atoms with Gasteiger partial charge in [0, 0.05) is 17.6 Å². The minimum Gasteiger partial charge on any atom is -0.490 e. The molecule has 1 N–H and O–H groups in total. The summed E-state index contributed by atoms with van der Waals surface area (Å²) in [7, 11) is 0. The first-order valence-electron chi connectivity index (χ1n) is 7.43. The highest BCUT2D eigenvalue weighted by molar-refractivity contribution is 7.13. The first-order valence-corrected chi connectivity index (χ1v) is 8.69. The first kappa shape index (κ1) is 17.2. The maximum absolute atomic E-state index is 12.4. The average Bonchev–Trinajstić information content (AvgIpc) is 3.10. The van der Waals surface area contributed by atoms with Crippen LogP contribution in [0.4, 0.5) is 5.13 Å². The third-order valence-electron chi connectivity index (χ3n) is 3.34. The van der Waals surface area contributed by atoms with Crippen molar-refractivity contribution in [2.24, 2.45) is 0 Å². The summed E-state index contributed by atoms with van der Waals surface area (Å²) >= 11 is 7.34. The monoisotopic (exact) mass is 375 g/mol. The topological polar surface area (TPSA) is 73.2 Å². The van der Waals surface area contributed by atoms with Gasteiger partial charge in [-0.15, -0.1) is 11.3 Å². The summed E-state index contributed by atoms with van der Waals surface area (Å²) in [6.07, 6.45) is 1.59. The van der Waals surface area contributed by atoms with Crippen LogP contribution in [0.2, 0.25) is 5.02 Å². The molecular formula is C17H14ClN3O3S. The van der Waals surface area contributed by atoms with E-state index >= 15 is 0 Å². The van der Waals surface area contributed by atoms with Crippen molar-refractivity contribution in [1.82, 2.24) is 9.55 Å². The molecule has 8 heteroatoms. The van der Waals surface area contributed by atoms with Crippen molar-refractivity contribution in [2.75, 3.05) is 11.9 Å². The number of carbonyl (C=O) groups is 1. The van der Waals surface area contributed by atoms with Crippen LogP contribution < -0.4 is 15.6 Å². The molecule has 6 nitrogen and oxygen atoms in total. The number of nitrogens with one attached hydrogen (secondary N) is 1. The SMILES string of the molecule is O=C(Nc1nccs1)c1cccc(=O)n1CCOc1ccccc1Cl. The number of thiazole rings is 1. The lowest BCUT2D eigenvalue weighted by Gasteiger charge is -2.13. The van der Waals surface area contributed by atoms with Gasteiger partial charge in [-0.05, 0) is 18.2 Å². The maximum atomic E-state index is 12.4. The van der Waals surface area contributed by atoms with E-state index in [0.29, 0.717) is 15.9 Å². The summed E-state index contributed by atoms with van der Waals surface area (Å²) < 4.78 is 6.96. The van der Waals surface area contributed by atoms with E-state index in [1.165, 1.54) is 22.0 Å². The maximum Gasteiger partial charge on any atom is 0.274 e. The van der Waals surface area contributed by atoms with Gasteiger partial charge in [-0.25, -0.2) is 4.98 Å². The highest BCUT2D eigenvalue weighted by Gasteiger charge is 2.13. The van der Waals surface area contributed by atoms with E-state index in [1.807, 2.05) is 6.07 Å². The minimum absolute atomic E-state index is 0.200. The lowest BCUT2D eigenvalue weighted by atomic mass is 10.3. The molecule has 0 aliphatic rings. The van der Waals surface area contributed by atoms with Gasteiger partial charge in [0.1, 0.15) is 18.1 Å². The molecule has 0 saturated heterocycles. The van der Waals surface area contributed by atoms with Gasteiger partial charge in [-0.1, -0.05) is 29.8 Å². The zero-order chi connectivity index (χ0) is 17.6. The highest BCUT2D eigenvalue weighted by atomic mass is 35.5. The zero-order valence-corrected chi connectivity index (χ0v) is 14.6. The molecule has 0 fully saturated rings. The van der Waals surface area contributed by atoms with Crippen LogP contribution in [0.3, 0.4) is 0 Å². The Morgan fingerprint density at radius 3 is 2.84 bits per heavy atom. The molecular weight excluding hydrogens is 362 g/mol. The number of ether oxygens (including phenoxy) is 1. The number of nitrogens with zero attached hydrogens (tertiary/aromatic N) is 2. The van der Waals surface area contributed by atoms with Gasteiger partial charge < -0.3 is 9.30 Å². The quantitative estimate of drug-likeness (QED) is 0.717. The summed E-state index contributed by atoms with van der Waals surface area (Å²) in [4.78, 5) is 28.6. The fourth-order valence-corrected chi connectivity index (χ4v) is 2.92. The van der Waals surface area contributed by atoms with Crippen molar-refractivity contribution in [3.8, 4) is 5.75 Å². The lowest BCUT2D eigenvalue weighted by Crippen LogP contribution is -2.29. The highest BCUT2D eigenvalue weighted by Crippen LogP contribution is 2.23. The van der Waals surface area contributed by atoms with Crippen molar-refractivity contribution in [2.45, 2.75) is 6.54 Å². The molecule has 1 aromatic carbocycles. The second-order valence-electron chi connectivity index (χ2n) is 4.97. The van der Waals surface area contributed by atoms with Gasteiger partial charge in [-0.3, -0.25) is 14.9 Å². The van der Waals surface area contributed by atoms with Gasteiger partial charge in [0.15, 0.2) is 5.13 Å². The van der Waals surface area contributed by atoms with Gasteiger partial charge in [-0.2, -0.15) is 0 Å². The summed E-state index contributed by atoms with van der Waals surface area (Å²) in [5, 5.41) is 5.39. The van der Waals surface area contributed by atoms with Crippen molar-refractivity contribution in [3.05, 3.63) is 75.1 Å². The van der Waals surface area contributed by atoms with Crippen LogP contribution in [-0.4, -0.2) is 22.1 Å². The van der Waals surface area contributed by atoms with Gasteiger partial charge in [0.05, 0.1) is 11.6 Å². The van der Waals surface area contributed by atoms with E-state index in [0.717, 1.165) is 0 Å². The molecule has 2 aromatic heterocycles. The molecule has 128 valence electrons. The van der Waals surface area contributed by atoms with Gasteiger partial charge in [0.2, 0.25) is 0 Å². The molecule has 3 aromatic rings. The molecule has 0 aliphatic heterocycles.